The molecule has 0 bridgehead atoms. The first-order valence-electron chi connectivity index (χ1n) is 10.2. The third-order valence-electron chi connectivity index (χ3n) is 5.18. The van der Waals surface area contributed by atoms with Gasteiger partial charge in [-0.05, 0) is 44.5 Å². The lowest BCUT2D eigenvalue weighted by Gasteiger charge is -2.24. The van der Waals surface area contributed by atoms with Crippen molar-refractivity contribution in [1.82, 2.24) is 9.55 Å². The molecule has 10 nitrogen and oxygen atoms in total. The SMILES string of the molecule is Cc1ccnc(C(C)Oc2cc3oc(=O)n([C@H](C)C(=O)OCC(N)(CO)CO)c3cc2Cl)c1. The minimum absolute atomic E-state index is 0.169. The molecule has 2 aromatic heterocycles. The van der Waals surface area contributed by atoms with Gasteiger partial charge in [-0.3, -0.25) is 9.55 Å². The number of carbonyl (C=O) groups excluding carboxylic acids is 1. The highest BCUT2D eigenvalue weighted by Crippen LogP contribution is 2.33. The van der Waals surface area contributed by atoms with Crippen LogP contribution in [0.15, 0.2) is 39.7 Å². The molecule has 0 aliphatic heterocycles. The molecule has 4 N–H and O–H groups in total. The van der Waals surface area contributed by atoms with E-state index in [9.17, 15) is 19.8 Å². The van der Waals surface area contributed by atoms with Crippen LogP contribution in [-0.2, 0) is 9.53 Å². The van der Waals surface area contributed by atoms with Gasteiger partial charge in [0, 0.05) is 12.3 Å². The summed E-state index contributed by atoms with van der Waals surface area (Å²) < 4.78 is 17.4. The Balaban J connectivity index is 1.85. The molecule has 0 saturated heterocycles. The van der Waals surface area contributed by atoms with Crippen molar-refractivity contribution < 1.29 is 28.9 Å². The summed E-state index contributed by atoms with van der Waals surface area (Å²) in [5.74, 6) is -1.30. The summed E-state index contributed by atoms with van der Waals surface area (Å²) in [4.78, 5) is 29.3. The van der Waals surface area contributed by atoms with E-state index in [1.807, 2.05) is 26.0 Å². The zero-order chi connectivity index (χ0) is 24.3. The minimum atomic E-state index is -1.49. The van der Waals surface area contributed by atoms with Gasteiger partial charge in [-0.2, -0.15) is 0 Å². The van der Waals surface area contributed by atoms with Crippen LogP contribution in [0.3, 0.4) is 0 Å². The number of aromatic nitrogens is 2. The molecule has 2 atom stereocenters. The van der Waals surface area contributed by atoms with Crippen molar-refractivity contribution in [2.75, 3.05) is 19.8 Å². The molecule has 0 radical (unpaired) electrons. The van der Waals surface area contributed by atoms with Crippen LogP contribution in [0.5, 0.6) is 5.75 Å². The number of nitrogens with two attached hydrogens (primary N) is 1. The molecule has 0 spiro atoms. The molecule has 11 heteroatoms. The Labute approximate surface area is 194 Å². The number of oxazole rings is 1. The summed E-state index contributed by atoms with van der Waals surface area (Å²) in [6.07, 6.45) is 1.27. The predicted octanol–water partition coefficient (Wildman–Crippen LogP) is 1.88. The van der Waals surface area contributed by atoms with Crippen LogP contribution in [0.1, 0.15) is 37.3 Å². The monoisotopic (exact) mass is 479 g/mol. The number of aliphatic hydroxyl groups excluding tert-OH is 2. The maximum Gasteiger partial charge on any atom is 0.420 e. The van der Waals surface area contributed by atoms with E-state index >= 15 is 0 Å². The Morgan fingerprint density at radius 2 is 2.00 bits per heavy atom. The van der Waals surface area contributed by atoms with Crippen molar-refractivity contribution in [2.45, 2.75) is 38.5 Å². The van der Waals surface area contributed by atoms with Gasteiger partial charge in [0.1, 0.15) is 24.5 Å². The fourth-order valence-corrected chi connectivity index (χ4v) is 3.31. The molecule has 3 aromatic rings. The van der Waals surface area contributed by atoms with Crippen molar-refractivity contribution in [3.8, 4) is 5.75 Å². The van der Waals surface area contributed by atoms with Gasteiger partial charge < -0.3 is 29.8 Å². The van der Waals surface area contributed by atoms with Gasteiger partial charge in [0.15, 0.2) is 5.58 Å². The largest absolute Gasteiger partial charge is 0.483 e. The van der Waals surface area contributed by atoms with Crippen molar-refractivity contribution in [3.05, 3.63) is 57.3 Å². The number of fused-ring (bicyclic) bond motifs is 1. The average Bonchev–Trinajstić information content (AvgIpc) is 3.11. The van der Waals surface area contributed by atoms with Crippen LogP contribution in [0.25, 0.3) is 11.1 Å². The van der Waals surface area contributed by atoms with Crippen molar-refractivity contribution in [3.63, 3.8) is 0 Å². The zero-order valence-electron chi connectivity index (χ0n) is 18.4. The third kappa shape index (κ3) is 5.36. The van der Waals surface area contributed by atoms with E-state index in [0.29, 0.717) is 5.69 Å². The van der Waals surface area contributed by atoms with Crippen LogP contribution in [0, 0.1) is 6.92 Å². The maximum absolute atomic E-state index is 12.5. The maximum atomic E-state index is 12.5. The predicted molar refractivity (Wildman–Crippen MR) is 120 cm³/mol. The van der Waals surface area contributed by atoms with Crippen molar-refractivity contribution >= 4 is 28.7 Å². The van der Waals surface area contributed by atoms with Gasteiger partial charge in [0.05, 0.1) is 35.0 Å². The lowest BCUT2D eigenvalue weighted by atomic mass is 10.1. The molecule has 1 unspecified atom stereocenters. The number of rotatable bonds is 9. The van der Waals surface area contributed by atoms with Gasteiger partial charge in [-0.15, -0.1) is 0 Å². The van der Waals surface area contributed by atoms with E-state index in [1.54, 1.807) is 6.20 Å². The molecule has 2 heterocycles. The molecule has 0 aliphatic rings. The summed E-state index contributed by atoms with van der Waals surface area (Å²) in [5, 5.41) is 18.7. The Morgan fingerprint density at radius 3 is 2.64 bits per heavy atom. The van der Waals surface area contributed by atoms with Gasteiger partial charge >= 0.3 is 11.7 Å². The number of carbonyl (C=O) groups is 1. The van der Waals surface area contributed by atoms with Crippen LogP contribution in [0.4, 0.5) is 0 Å². The summed E-state index contributed by atoms with van der Waals surface area (Å²) in [7, 11) is 0. The summed E-state index contributed by atoms with van der Waals surface area (Å²) in [6.45, 7) is 3.60. The molecule has 33 heavy (non-hydrogen) atoms. The zero-order valence-corrected chi connectivity index (χ0v) is 19.2. The highest BCUT2D eigenvalue weighted by atomic mass is 35.5. The lowest BCUT2D eigenvalue weighted by molar-refractivity contribution is -0.150. The third-order valence-corrected chi connectivity index (χ3v) is 5.48. The van der Waals surface area contributed by atoms with E-state index in [4.69, 9.17) is 31.2 Å². The molecule has 0 fully saturated rings. The van der Waals surface area contributed by atoms with Gasteiger partial charge in [0.2, 0.25) is 0 Å². The van der Waals surface area contributed by atoms with E-state index < -0.39 is 49.2 Å². The number of hydrogen-bond acceptors (Lipinski definition) is 9. The lowest BCUT2D eigenvalue weighted by Crippen LogP contribution is -2.52. The summed E-state index contributed by atoms with van der Waals surface area (Å²) in [5.41, 5.74) is 6.40. The van der Waals surface area contributed by atoms with Crippen LogP contribution >= 0.6 is 11.6 Å². The van der Waals surface area contributed by atoms with Crippen molar-refractivity contribution in [1.29, 1.82) is 0 Å². The van der Waals surface area contributed by atoms with E-state index in [-0.39, 0.29) is 21.9 Å². The van der Waals surface area contributed by atoms with Gasteiger partial charge in [0.25, 0.3) is 0 Å². The fourth-order valence-electron chi connectivity index (χ4n) is 3.11. The number of aryl methyl sites for hydroxylation is 1. The Hall–Kier alpha value is -2.92. The topological polar surface area (TPSA) is 150 Å². The molecule has 3 rings (SSSR count). The molecular formula is C22H26ClN3O7. The van der Waals surface area contributed by atoms with Crippen LogP contribution < -0.4 is 16.2 Å². The summed E-state index contributed by atoms with van der Waals surface area (Å²) in [6, 6.07) is 5.62. The summed E-state index contributed by atoms with van der Waals surface area (Å²) >= 11 is 6.40. The van der Waals surface area contributed by atoms with E-state index in [0.717, 1.165) is 10.1 Å². The highest BCUT2D eigenvalue weighted by molar-refractivity contribution is 6.32. The second-order valence-corrected chi connectivity index (χ2v) is 8.38. The number of aliphatic hydroxyl groups is 2. The first kappa shape index (κ1) is 24.7. The van der Waals surface area contributed by atoms with Crippen LogP contribution in [0.2, 0.25) is 5.02 Å². The molecule has 1 aromatic carbocycles. The number of pyridine rings is 1. The molecule has 178 valence electrons. The highest BCUT2D eigenvalue weighted by Gasteiger charge is 2.29. The quantitative estimate of drug-likeness (QED) is 0.391. The van der Waals surface area contributed by atoms with E-state index in [1.165, 1.54) is 19.1 Å². The number of esters is 1. The van der Waals surface area contributed by atoms with Gasteiger partial charge in [-0.25, -0.2) is 9.59 Å². The minimum Gasteiger partial charge on any atom is -0.483 e. The second-order valence-electron chi connectivity index (χ2n) is 7.97. The number of hydrogen-bond donors (Lipinski definition) is 3. The number of halogens is 1. The molecule has 0 aliphatic carbocycles. The van der Waals surface area contributed by atoms with Crippen molar-refractivity contribution in [2.24, 2.45) is 5.73 Å². The standard InChI is InChI=1S/C22H26ClN3O7/c1-12-4-5-25-16(6-12)14(3)32-18-8-19-17(7-15(18)23)26(21(30)33-19)13(2)20(29)31-11-22(24,9-27)10-28/h4-8,13-14,27-28H,9-11,24H2,1-3H3/t13-,14?/m1/s1. The molecule has 0 amide bonds. The average molecular weight is 480 g/mol. The first-order chi connectivity index (χ1) is 15.6. The number of benzene rings is 1. The second kappa shape index (κ2) is 9.92. The Bertz CT molecular complexity index is 1200. The first-order valence-corrected chi connectivity index (χ1v) is 10.6. The Morgan fingerprint density at radius 1 is 1.30 bits per heavy atom. The number of ether oxygens (including phenoxy) is 2. The van der Waals surface area contributed by atoms with Crippen LogP contribution in [-0.4, -0.2) is 51.1 Å². The fraction of sp³-hybridized carbons (Fsp3) is 0.409. The smallest absolute Gasteiger partial charge is 0.420 e. The Kier molecular flexibility index (Phi) is 7.43. The number of nitrogens with zero attached hydrogens (tertiary/aromatic N) is 2. The molecule has 0 saturated carbocycles. The van der Waals surface area contributed by atoms with E-state index in [2.05, 4.69) is 4.98 Å². The van der Waals surface area contributed by atoms with Gasteiger partial charge in [-0.1, -0.05) is 11.6 Å². The molecular weight excluding hydrogens is 454 g/mol. The normalized spacial score (nSPS) is 13.7.